The van der Waals surface area contributed by atoms with Crippen molar-refractivity contribution in [3.8, 4) is 0 Å². The van der Waals surface area contributed by atoms with Crippen LogP contribution in [0.5, 0.6) is 0 Å². The lowest BCUT2D eigenvalue weighted by atomic mass is 9.64. The number of nitrogens with zero attached hydrogens (tertiary/aromatic N) is 2. The zero-order valence-corrected chi connectivity index (χ0v) is 16.4. The molecule has 146 valence electrons. The Balaban J connectivity index is 1.66. The van der Waals surface area contributed by atoms with Gasteiger partial charge >= 0.3 is 6.03 Å². The van der Waals surface area contributed by atoms with Crippen molar-refractivity contribution in [2.45, 2.75) is 52.1 Å². The van der Waals surface area contributed by atoms with Gasteiger partial charge in [0.1, 0.15) is 0 Å². The van der Waals surface area contributed by atoms with Crippen LogP contribution in [0.15, 0.2) is 42.7 Å². The molecule has 0 radical (unpaired) electrons. The van der Waals surface area contributed by atoms with E-state index in [4.69, 9.17) is 0 Å². The first kappa shape index (κ1) is 19.4. The van der Waals surface area contributed by atoms with Gasteiger partial charge in [0.25, 0.3) is 0 Å². The first-order valence-electron chi connectivity index (χ1n) is 9.56. The summed E-state index contributed by atoms with van der Waals surface area (Å²) in [4.78, 5) is 12.6. The van der Waals surface area contributed by atoms with Gasteiger partial charge in [0.2, 0.25) is 0 Å². The van der Waals surface area contributed by atoms with E-state index >= 15 is 0 Å². The second kappa shape index (κ2) is 7.72. The number of nitrogens with one attached hydrogen (secondary N) is 2. The van der Waals surface area contributed by atoms with Crippen LogP contribution in [0, 0.1) is 11.3 Å². The first-order chi connectivity index (χ1) is 12.8. The number of amides is 2. The van der Waals surface area contributed by atoms with Gasteiger partial charge in [-0.05, 0) is 54.4 Å². The molecule has 2 unspecified atom stereocenters. The molecule has 2 aromatic rings. The van der Waals surface area contributed by atoms with E-state index in [9.17, 15) is 9.90 Å². The summed E-state index contributed by atoms with van der Waals surface area (Å²) in [6.07, 6.45) is 6.32. The number of aliphatic hydroxyl groups excluding tert-OH is 1. The van der Waals surface area contributed by atoms with Crippen molar-refractivity contribution in [1.29, 1.82) is 0 Å². The highest BCUT2D eigenvalue weighted by Gasteiger charge is 2.43. The molecule has 1 fully saturated rings. The molecule has 0 spiro atoms. The van der Waals surface area contributed by atoms with Crippen LogP contribution in [0.1, 0.15) is 45.6 Å². The van der Waals surface area contributed by atoms with E-state index in [2.05, 4.69) is 36.5 Å². The fourth-order valence-electron chi connectivity index (χ4n) is 4.73. The van der Waals surface area contributed by atoms with E-state index in [1.54, 1.807) is 6.20 Å². The number of hydrogen-bond acceptors (Lipinski definition) is 3. The number of aliphatic hydroxyl groups is 1. The number of urea groups is 1. The number of hydrogen-bond donors (Lipinski definition) is 3. The van der Waals surface area contributed by atoms with Crippen molar-refractivity contribution in [3.05, 3.63) is 48.3 Å². The average Bonchev–Trinajstić information content (AvgIpc) is 3.06. The van der Waals surface area contributed by atoms with Crippen LogP contribution in [0.25, 0.3) is 0 Å². The standard InChI is InChI=1S/C21H30N4O2/c1-16-11-20(2,3)14-21(12-16,15-26)24-19(27)23-18-7-4-6-17(10-18)13-25-9-5-8-22-25/h4-10,16,26H,11-15H2,1-3H3,(H2,23,24,27). The lowest BCUT2D eigenvalue weighted by Crippen LogP contribution is -2.58. The molecular weight excluding hydrogens is 340 g/mol. The minimum Gasteiger partial charge on any atom is -0.394 e. The molecule has 0 aliphatic heterocycles. The number of carbonyl (C=O) groups excluding carboxylic acids is 1. The molecule has 3 N–H and O–H groups in total. The van der Waals surface area contributed by atoms with Crippen molar-refractivity contribution in [2.75, 3.05) is 11.9 Å². The predicted molar refractivity (Wildman–Crippen MR) is 107 cm³/mol. The Hall–Kier alpha value is -2.34. The Morgan fingerprint density at radius 1 is 1.33 bits per heavy atom. The lowest BCUT2D eigenvalue weighted by molar-refractivity contribution is 0.0446. The molecule has 1 aromatic heterocycles. The summed E-state index contributed by atoms with van der Waals surface area (Å²) in [5.74, 6) is 0.457. The molecule has 1 aliphatic carbocycles. The van der Waals surface area contributed by atoms with Crippen molar-refractivity contribution < 1.29 is 9.90 Å². The molecule has 2 atom stereocenters. The van der Waals surface area contributed by atoms with Crippen LogP contribution in [0.3, 0.4) is 0 Å². The van der Waals surface area contributed by atoms with Crippen LogP contribution >= 0.6 is 0 Å². The molecule has 1 aliphatic rings. The van der Waals surface area contributed by atoms with Crippen LogP contribution in [-0.4, -0.2) is 33.1 Å². The molecule has 0 saturated heterocycles. The van der Waals surface area contributed by atoms with Gasteiger partial charge in [-0.1, -0.05) is 32.9 Å². The predicted octanol–water partition coefficient (Wildman–Crippen LogP) is 3.63. The minimum atomic E-state index is -0.572. The Morgan fingerprint density at radius 3 is 2.81 bits per heavy atom. The van der Waals surface area contributed by atoms with Gasteiger partial charge < -0.3 is 15.7 Å². The summed E-state index contributed by atoms with van der Waals surface area (Å²) >= 11 is 0. The van der Waals surface area contributed by atoms with Crippen LogP contribution in [-0.2, 0) is 6.54 Å². The maximum Gasteiger partial charge on any atom is 0.319 e. The smallest absolute Gasteiger partial charge is 0.319 e. The molecule has 2 amide bonds. The number of carbonyl (C=O) groups is 1. The second-order valence-electron chi connectivity index (χ2n) is 8.78. The summed E-state index contributed by atoms with van der Waals surface area (Å²) in [6.45, 7) is 7.18. The Bertz CT molecular complexity index is 772. The highest BCUT2D eigenvalue weighted by atomic mass is 16.3. The Morgan fingerprint density at radius 2 is 2.15 bits per heavy atom. The first-order valence-corrected chi connectivity index (χ1v) is 9.56. The largest absolute Gasteiger partial charge is 0.394 e. The van der Waals surface area contributed by atoms with Crippen LogP contribution in [0.2, 0.25) is 0 Å². The molecule has 6 nitrogen and oxygen atoms in total. The van der Waals surface area contributed by atoms with E-state index in [1.165, 1.54) is 0 Å². The normalized spacial score (nSPS) is 24.4. The monoisotopic (exact) mass is 370 g/mol. The minimum absolute atomic E-state index is 0.0481. The van der Waals surface area contributed by atoms with E-state index in [0.717, 1.165) is 30.5 Å². The lowest BCUT2D eigenvalue weighted by Gasteiger charge is -2.47. The molecule has 0 bridgehead atoms. The summed E-state index contributed by atoms with van der Waals surface area (Å²) in [6, 6.07) is 9.35. The van der Waals surface area contributed by atoms with Crippen molar-refractivity contribution in [1.82, 2.24) is 15.1 Å². The summed E-state index contributed by atoms with van der Waals surface area (Å²) < 4.78 is 1.84. The molecule has 1 aromatic carbocycles. The van der Waals surface area contributed by atoms with E-state index in [1.807, 2.05) is 41.2 Å². The number of benzene rings is 1. The van der Waals surface area contributed by atoms with Gasteiger partial charge in [0.05, 0.1) is 18.7 Å². The van der Waals surface area contributed by atoms with Crippen molar-refractivity contribution in [2.24, 2.45) is 11.3 Å². The zero-order valence-electron chi connectivity index (χ0n) is 16.4. The van der Waals surface area contributed by atoms with Crippen molar-refractivity contribution in [3.63, 3.8) is 0 Å². The molecule has 3 rings (SSSR count). The summed E-state index contributed by atoms with van der Waals surface area (Å²) in [5, 5.41) is 20.2. The van der Waals surface area contributed by atoms with Gasteiger partial charge in [0.15, 0.2) is 0 Å². The fourth-order valence-corrected chi connectivity index (χ4v) is 4.73. The van der Waals surface area contributed by atoms with E-state index < -0.39 is 5.54 Å². The molecule has 1 heterocycles. The molecule has 1 saturated carbocycles. The maximum absolute atomic E-state index is 12.6. The third kappa shape index (κ3) is 5.10. The van der Waals surface area contributed by atoms with Gasteiger partial charge in [0, 0.05) is 18.1 Å². The fraction of sp³-hybridized carbons (Fsp3) is 0.524. The Kier molecular flexibility index (Phi) is 5.56. The maximum atomic E-state index is 12.6. The summed E-state index contributed by atoms with van der Waals surface area (Å²) in [7, 11) is 0. The van der Waals surface area contributed by atoms with Gasteiger partial charge in [-0.15, -0.1) is 0 Å². The number of anilines is 1. The van der Waals surface area contributed by atoms with Gasteiger partial charge in [-0.25, -0.2) is 4.79 Å². The number of rotatable bonds is 5. The quantitative estimate of drug-likeness (QED) is 0.752. The Labute approximate surface area is 161 Å². The number of aromatic nitrogens is 2. The highest BCUT2D eigenvalue weighted by Crippen LogP contribution is 2.43. The van der Waals surface area contributed by atoms with E-state index in [0.29, 0.717) is 12.5 Å². The van der Waals surface area contributed by atoms with Gasteiger partial charge in [-0.2, -0.15) is 5.10 Å². The second-order valence-corrected chi connectivity index (χ2v) is 8.78. The third-order valence-electron chi connectivity index (χ3n) is 5.23. The van der Waals surface area contributed by atoms with Crippen molar-refractivity contribution >= 4 is 11.7 Å². The zero-order chi connectivity index (χ0) is 19.5. The molecule has 6 heteroatoms. The average molecular weight is 370 g/mol. The van der Waals surface area contributed by atoms with E-state index in [-0.39, 0.29) is 18.1 Å². The summed E-state index contributed by atoms with van der Waals surface area (Å²) in [5.41, 5.74) is 1.31. The van der Waals surface area contributed by atoms with Gasteiger partial charge in [-0.3, -0.25) is 4.68 Å². The SMILES string of the molecule is CC1CC(C)(C)CC(CO)(NC(=O)Nc2cccc(Cn3cccn3)c2)C1. The van der Waals surface area contributed by atoms with Crippen LogP contribution in [0.4, 0.5) is 10.5 Å². The molecular formula is C21H30N4O2. The topological polar surface area (TPSA) is 79.2 Å². The highest BCUT2D eigenvalue weighted by molar-refractivity contribution is 5.89. The third-order valence-corrected chi connectivity index (χ3v) is 5.23. The molecule has 27 heavy (non-hydrogen) atoms. The van der Waals surface area contributed by atoms with Crippen LogP contribution < -0.4 is 10.6 Å².